The lowest BCUT2D eigenvalue weighted by Crippen LogP contribution is -2.24. The van der Waals surface area contributed by atoms with Crippen LogP contribution in [0.25, 0.3) is 0 Å². The second kappa shape index (κ2) is 5.16. The predicted molar refractivity (Wildman–Crippen MR) is 55.2 cm³/mol. The number of methoxy groups -OCH3 is 1. The van der Waals surface area contributed by atoms with E-state index in [1.165, 1.54) is 18.9 Å². The monoisotopic (exact) mass is 231 g/mol. The second-order valence-electron chi connectivity index (χ2n) is 3.36. The topological polar surface area (TPSA) is 72.5 Å². The fourth-order valence-electron chi connectivity index (χ4n) is 1.19. The average molecular weight is 231 g/mol. The molecule has 2 unspecified atom stereocenters. The highest BCUT2D eigenvalue weighted by Gasteiger charge is 2.31. The third-order valence-electron chi connectivity index (χ3n) is 2.08. The van der Waals surface area contributed by atoms with Crippen molar-refractivity contribution in [2.24, 2.45) is 5.92 Å². The highest BCUT2D eigenvalue weighted by atomic mass is 32.2. The molecule has 15 heavy (non-hydrogen) atoms. The lowest BCUT2D eigenvalue weighted by Gasteiger charge is -2.10. The molecule has 1 rings (SSSR count). The van der Waals surface area contributed by atoms with E-state index in [9.17, 15) is 14.4 Å². The molecule has 1 aliphatic rings. The normalized spacial score (nSPS) is 22.4. The molecule has 1 N–H and O–H groups in total. The molecule has 5 nitrogen and oxygen atoms in total. The molecule has 1 fully saturated rings. The Kier molecular flexibility index (Phi) is 4.14. The van der Waals surface area contributed by atoms with Crippen LogP contribution in [-0.2, 0) is 19.1 Å². The van der Waals surface area contributed by atoms with E-state index in [1.54, 1.807) is 6.92 Å². The summed E-state index contributed by atoms with van der Waals surface area (Å²) in [7, 11) is 1.33. The Hall–Kier alpha value is -1.04. The Morgan fingerprint density at radius 3 is 2.80 bits per heavy atom. The van der Waals surface area contributed by atoms with Gasteiger partial charge in [-0.15, -0.1) is 11.8 Å². The number of nitrogens with one attached hydrogen (secondary N) is 1. The first-order valence-electron chi connectivity index (χ1n) is 4.57. The quantitative estimate of drug-likeness (QED) is 0.542. The van der Waals surface area contributed by atoms with Gasteiger partial charge in [-0.2, -0.15) is 0 Å². The summed E-state index contributed by atoms with van der Waals surface area (Å²) in [6.07, 6.45) is 0.206. The molecule has 0 radical (unpaired) electrons. The molecule has 0 spiro atoms. The van der Waals surface area contributed by atoms with Crippen molar-refractivity contribution in [3.63, 3.8) is 0 Å². The van der Waals surface area contributed by atoms with Gasteiger partial charge in [-0.3, -0.25) is 19.7 Å². The van der Waals surface area contributed by atoms with Gasteiger partial charge in [-0.25, -0.2) is 0 Å². The van der Waals surface area contributed by atoms with Crippen molar-refractivity contribution in [2.45, 2.75) is 18.6 Å². The van der Waals surface area contributed by atoms with Crippen LogP contribution in [0.3, 0.4) is 0 Å². The zero-order valence-corrected chi connectivity index (χ0v) is 9.43. The molecule has 84 valence electrons. The van der Waals surface area contributed by atoms with Gasteiger partial charge in [-0.05, 0) is 0 Å². The standard InChI is InChI=1S/C9H13NO4S/c1-5(9(13)14-2)4-15-6-3-7(11)10-8(6)12/h5-6H,3-4H2,1-2H3,(H,10,11,12). The molecular weight excluding hydrogens is 218 g/mol. The molecule has 0 bridgehead atoms. The van der Waals surface area contributed by atoms with E-state index in [4.69, 9.17) is 0 Å². The number of hydrogen-bond donors (Lipinski definition) is 1. The first kappa shape index (κ1) is 12.0. The number of hydrogen-bond acceptors (Lipinski definition) is 5. The fraction of sp³-hybridized carbons (Fsp3) is 0.667. The summed E-state index contributed by atoms with van der Waals surface area (Å²) in [5, 5.41) is 1.86. The van der Waals surface area contributed by atoms with Gasteiger partial charge in [0.25, 0.3) is 0 Å². The van der Waals surface area contributed by atoms with Crippen LogP contribution < -0.4 is 5.32 Å². The Bertz CT molecular complexity index is 292. The van der Waals surface area contributed by atoms with Gasteiger partial charge < -0.3 is 4.74 Å². The van der Waals surface area contributed by atoms with Crippen molar-refractivity contribution < 1.29 is 19.1 Å². The van der Waals surface area contributed by atoms with Crippen LogP contribution in [0.5, 0.6) is 0 Å². The molecule has 0 aliphatic carbocycles. The van der Waals surface area contributed by atoms with Crippen LogP contribution in [-0.4, -0.2) is 35.9 Å². The van der Waals surface area contributed by atoms with E-state index in [2.05, 4.69) is 10.1 Å². The first-order valence-corrected chi connectivity index (χ1v) is 5.62. The summed E-state index contributed by atoms with van der Waals surface area (Å²) < 4.78 is 4.56. The molecule has 2 atom stereocenters. The van der Waals surface area contributed by atoms with Gasteiger partial charge in [0, 0.05) is 12.2 Å². The highest BCUT2D eigenvalue weighted by Crippen LogP contribution is 2.22. The summed E-state index contributed by atoms with van der Waals surface area (Å²) in [4.78, 5) is 33.1. The second-order valence-corrected chi connectivity index (χ2v) is 4.60. The van der Waals surface area contributed by atoms with Crippen molar-refractivity contribution in [3.05, 3.63) is 0 Å². The molecule has 0 aromatic heterocycles. The summed E-state index contributed by atoms with van der Waals surface area (Å²) >= 11 is 1.31. The maximum atomic E-state index is 11.2. The van der Waals surface area contributed by atoms with Crippen molar-refractivity contribution in [3.8, 4) is 0 Å². The minimum absolute atomic E-state index is 0.206. The van der Waals surface area contributed by atoms with Gasteiger partial charge in [0.15, 0.2) is 0 Å². The number of ether oxygens (including phenoxy) is 1. The van der Waals surface area contributed by atoms with Gasteiger partial charge in [0.05, 0.1) is 18.3 Å². The largest absolute Gasteiger partial charge is 0.469 e. The summed E-state index contributed by atoms with van der Waals surface area (Å²) in [5.74, 6) is -0.584. The number of imide groups is 1. The molecule has 6 heteroatoms. The minimum atomic E-state index is -0.357. The summed E-state index contributed by atoms with van der Waals surface area (Å²) in [6, 6.07) is 0. The van der Waals surface area contributed by atoms with Crippen molar-refractivity contribution in [2.75, 3.05) is 12.9 Å². The van der Waals surface area contributed by atoms with E-state index < -0.39 is 0 Å². The molecule has 1 aliphatic heterocycles. The van der Waals surface area contributed by atoms with Crippen LogP contribution in [0.2, 0.25) is 0 Å². The number of carbonyl (C=O) groups excluding carboxylic acids is 3. The zero-order chi connectivity index (χ0) is 11.4. The van der Waals surface area contributed by atoms with E-state index in [1.807, 2.05) is 0 Å². The van der Waals surface area contributed by atoms with E-state index in [0.29, 0.717) is 5.75 Å². The third-order valence-corrected chi connectivity index (χ3v) is 3.55. The number of thioether (sulfide) groups is 1. The van der Waals surface area contributed by atoms with Crippen molar-refractivity contribution in [1.29, 1.82) is 0 Å². The SMILES string of the molecule is COC(=O)C(C)CSC1CC(=O)NC1=O. The Balaban J connectivity index is 2.34. The maximum Gasteiger partial charge on any atom is 0.309 e. The maximum absolute atomic E-state index is 11.2. The summed E-state index contributed by atoms with van der Waals surface area (Å²) in [6.45, 7) is 1.73. The van der Waals surface area contributed by atoms with Crippen molar-refractivity contribution >= 4 is 29.5 Å². The molecule has 2 amide bonds. The van der Waals surface area contributed by atoms with E-state index >= 15 is 0 Å². The molecule has 0 aromatic rings. The third kappa shape index (κ3) is 3.23. The molecule has 0 aromatic carbocycles. The molecule has 0 saturated carbocycles. The highest BCUT2D eigenvalue weighted by molar-refractivity contribution is 8.00. The van der Waals surface area contributed by atoms with E-state index in [-0.39, 0.29) is 35.4 Å². The van der Waals surface area contributed by atoms with Gasteiger partial charge in [0.1, 0.15) is 0 Å². The van der Waals surface area contributed by atoms with Gasteiger partial charge >= 0.3 is 5.97 Å². The Morgan fingerprint density at radius 2 is 2.33 bits per heavy atom. The van der Waals surface area contributed by atoms with Crippen LogP contribution >= 0.6 is 11.8 Å². The van der Waals surface area contributed by atoms with Crippen LogP contribution in [0, 0.1) is 5.92 Å². The number of rotatable bonds is 4. The van der Waals surface area contributed by atoms with Crippen LogP contribution in [0.4, 0.5) is 0 Å². The Labute approximate surface area is 91.9 Å². The molecular formula is C9H13NO4S. The zero-order valence-electron chi connectivity index (χ0n) is 8.61. The van der Waals surface area contributed by atoms with Gasteiger partial charge in [-0.1, -0.05) is 6.92 Å². The van der Waals surface area contributed by atoms with Crippen molar-refractivity contribution in [1.82, 2.24) is 5.32 Å². The number of esters is 1. The number of carbonyl (C=O) groups is 3. The van der Waals surface area contributed by atoms with E-state index in [0.717, 1.165) is 0 Å². The first-order chi connectivity index (χ1) is 7.04. The van der Waals surface area contributed by atoms with Gasteiger partial charge in [0.2, 0.25) is 11.8 Å². The average Bonchev–Trinajstić information content (AvgIpc) is 2.52. The minimum Gasteiger partial charge on any atom is -0.469 e. The lowest BCUT2D eigenvalue weighted by molar-refractivity contribution is -0.144. The fourth-order valence-corrected chi connectivity index (χ4v) is 2.33. The van der Waals surface area contributed by atoms with Crippen LogP contribution in [0.1, 0.15) is 13.3 Å². The van der Waals surface area contributed by atoms with Crippen LogP contribution in [0.15, 0.2) is 0 Å². The Morgan fingerprint density at radius 1 is 1.67 bits per heavy atom. The lowest BCUT2D eigenvalue weighted by atomic mass is 10.2. The predicted octanol–water partition coefficient (Wildman–Crippen LogP) is -0.0562. The molecule has 1 saturated heterocycles. The smallest absolute Gasteiger partial charge is 0.309 e. The molecule has 1 heterocycles. The number of amides is 2. The summed E-state index contributed by atoms with van der Waals surface area (Å²) in [5.41, 5.74) is 0.